The Morgan fingerprint density at radius 3 is 3.00 bits per heavy atom. The maximum atomic E-state index is 12.3. The van der Waals surface area contributed by atoms with Gasteiger partial charge in [-0.2, -0.15) is 0 Å². The molecule has 0 saturated carbocycles. The standard InChI is InChI=1S/C17H21NO5/c1-22-9-7-18-15(19)5-3-13(17(20)21)16(18)12-2-4-14-11(10-12)6-8-23-14/h2,4,10,13,16H,3,5-9H2,1H3,(H,20,21)/t13-,16+/m0/s1. The van der Waals surface area contributed by atoms with E-state index >= 15 is 0 Å². The Kier molecular flexibility index (Phi) is 4.52. The van der Waals surface area contributed by atoms with Crippen molar-refractivity contribution in [1.29, 1.82) is 0 Å². The van der Waals surface area contributed by atoms with E-state index in [-0.39, 0.29) is 12.3 Å². The summed E-state index contributed by atoms with van der Waals surface area (Å²) in [6, 6.07) is 5.30. The van der Waals surface area contributed by atoms with Crippen molar-refractivity contribution in [2.75, 3.05) is 26.9 Å². The molecule has 124 valence electrons. The van der Waals surface area contributed by atoms with Crippen molar-refractivity contribution in [2.45, 2.75) is 25.3 Å². The molecule has 0 aromatic heterocycles. The summed E-state index contributed by atoms with van der Waals surface area (Å²) in [5, 5.41) is 9.60. The molecule has 1 aromatic carbocycles. The van der Waals surface area contributed by atoms with Crippen LogP contribution in [0.4, 0.5) is 0 Å². The maximum Gasteiger partial charge on any atom is 0.308 e. The van der Waals surface area contributed by atoms with Gasteiger partial charge in [0.1, 0.15) is 5.75 Å². The normalized spacial score (nSPS) is 23.5. The highest BCUT2D eigenvalue weighted by molar-refractivity contribution is 5.81. The zero-order valence-electron chi connectivity index (χ0n) is 13.2. The van der Waals surface area contributed by atoms with Gasteiger partial charge in [0.05, 0.1) is 25.2 Å². The number of methoxy groups -OCH3 is 1. The van der Waals surface area contributed by atoms with Crippen LogP contribution in [0.2, 0.25) is 0 Å². The molecule has 2 atom stereocenters. The molecule has 2 heterocycles. The summed E-state index contributed by atoms with van der Waals surface area (Å²) in [5.74, 6) is -0.612. The van der Waals surface area contributed by atoms with Crippen molar-refractivity contribution < 1.29 is 24.2 Å². The number of amides is 1. The first kappa shape index (κ1) is 15.8. The predicted molar refractivity (Wildman–Crippen MR) is 82.3 cm³/mol. The molecular formula is C17H21NO5. The Morgan fingerprint density at radius 1 is 1.43 bits per heavy atom. The molecule has 1 amide bonds. The molecule has 1 fully saturated rings. The lowest BCUT2D eigenvalue weighted by Crippen LogP contribution is -2.46. The number of nitrogens with zero attached hydrogens (tertiary/aromatic N) is 1. The van der Waals surface area contributed by atoms with Gasteiger partial charge in [-0.1, -0.05) is 6.07 Å². The summed E-state index contributed by atoms with van der Waals surface area (Å²) in [5.41, 5.74) is 1.95. The average molecular weight is 319 g/mol. The number of carbonyl (C=O) groups is 2. The lowest BCUT2D eigenvalue weighted by Gasteiger charge is -2.39. The fourth-order valence-corrected chi connectivity index (χ4v) is 3.47. The van der Waals surface area contributed by atoms with Gasteiger partial charge in [-0.25, -0.2) is 0 Å². The van der Waals surface area contributed by atoms with E-state index in [0.717, 1.165) is 23.3 Å². The second-order valence-electron chi connectivity index (χ2n) is 5.97. The zero-order valence-corrected chi connectivity index (χ0v) is 13.2. The number of fused-ring (bicyclic) bond motifs is 1. The summed E-state index contributed by atoms with van der Waals surface area (Å²) < 4.78 is 10.6. The molecule has 6 heteroatoms. The van der Waals surface area contributed by atoms with Gasteiger partial charge in [-0.05, 0) is 29.7 Å². The van der Waals surface area contributed by atoms with Gasteiger partial charge in [0.2, 0.25) is 5.91 Å². The van der Waals surface area contributed by atoms with E-state index < -0.39 is 17.9 Å². The van der Waals surface area contributed by atoms with Gasteiger partial charge in [-0.15, -0.1) is 0 Å². The van der Waals surface area contributed by atoms with Gasteiger partial charge in [0.15, 0.2) is 0 Å². The van der Waals surface area contributed by atoms with Crippen LogP contribution in [0.5, 0.6) is 5.75 Å². The van der Waals surface area contributed by atoms with Crippen molar-refractivity contribution >= 4 is 11.9 Å². The minimum Gasteiger partial charge on any atom is -0.493 e. The quantitative estimate of drug-likeness (QED) is 0.893. The molecule has 2 aliphatic rings. The minimum atomic E-state index is -0.860. The van der Waals surface area contributed by atoms with E-state index in [1.165, 1.54) is 0 Å². The van der Waals surface area contributed by atoms with Gasteiger partial charge in [0.25, 0.3) is 0 Å². The molecule has 0 spiro atoms. The van der Waals surface area contributed by atoms with Crippen molar-refractivity contribution in [1.82, 2.24) is 4.90 Å². The molecule has 1 aromatic rings. The van der Waals surface area contributed by atoms with E-state index in [9.17, 15) is 14.7 Å². The second kappa shape index (κ2) is 6.58. The van der Waals surface area contributed by atoms with Crippen LogP contribution in [0.15, 0.2) is 18.2 Å². The summed E-state index contributed by atoms with van der Waals surface area (Å²) in [7, 11) is 1.57. The Balaban J connectivity index is 1.96. The highest BCUT2D eigenvalue weighted by Gasteiger charge is 2.40. The molecule has 0 aliphatic carbocycles. The fourth-order valence-electron chi connectivity index (χ4n) is 3.47. The van der Waals surface area contributed by atoms with Crippen molar-refractivity contribution in [3.05, 3.63) is 29.3 Å². The van der Waals surface area contributed by atoms with Crippen LogP contribution >= 0.6 is 0 Å². The summed E-state index contributed by atoms with van der Waals surface area (Å²) in [6.45, 7) is 1.44. The molecule has 0 bridgehead atoms. The summed E-state index contributed by atoms with van der Waals surface area (Å²) in [4.78, 5) is 25.7. The number of carboxylic acid groups (broad SMARTS) is 1. The zero-order chi connectivity index (χ0) is 16.4. The van der Waals surface area contributed by atoms with E-state index in [1.807, 2.05) is 18.2 Å². The Morgan fingerprint density at radius 2 is 2.26 bits per heavy atom. The topological polar surface area (TPSA) is 76.1 Å². The van der Waals surface area contributed by atoms with Gasteiger partial charge >= 0.3 is 5.97 Å². The van der Waals surface area contributed by atoms with Crippen LogP contribution in [0, 0.1) is 5.92 Å². The molecule has 0 radical (unpaired) electrons. The number of rotatable bonds is 5. The van der Waals surface area contributed by atoms with Crippen molar-refractivity contribution in [3.8, 4) is 5.75 Å². The van der Waals surface area contributed by atoms with E-state index in [4.69, 9.17) is 9.47 Å². The second-order valence-corrected chi connectivity index (χ2v) is 5.97. The molecule has 23 heavy (non-hydrogen) atoms. The molecule has 1 N–H and O–H groups in total. The van der Waals surface area contributed by atoms with E-state index in [0.29, 0.717) is 26.2 Å². The average Bonchev–Trinajstić information content (AvgIpc) is 3.00. The summed E-state index contributed by atoms with van der Waals surface area (Å²) in [6.07, 6.45) is 1.46. The number of ether oxygens (including phenoxy) is 2. The van der Waals surface area contributed by atoms with Gasteiger partial charge in [0, 0.05) is 26.5 Å². The SMILES string of the molecule is COCCN1C(=O)CC[C@H](C(=O)O)[C@H]1c1ccc2c(c1)CCO2. The predicted octanol–water partition coefficient (Wildman–Crippen LogP) is 1.63. The van der Waals surface area contributed by atoms with Crippen LogP contribution in [-0.4, -0.2) is 48.8 Å². The maximum absolute atomic E-state index is 12.3. The first-order chi connectivity index (χ1) is 11.1. The summed E-state index contributed by atoms with van der Waals surface area (Å²) >= 11 is 0. The molecule has 0 unspecified atom stereocenters. The van der Waals surface area contributed by atoms with E-state index in [2.05, 4.69) is 0 Å². The third-order valence-electron chi connectivity index (χ3n) is 4.62. The lowest BCUT2D eigenvalue weighted by molar-refractivity contribution is -0.152. The number of likely N-dealkylation sites (tertiary alicyclic amines) is 1. The number of aliphatic carboxylic acids is 1. The van der Waals surface area contributed by atoms with Crippen LogP contribution < -0.4 is 4.74 Å². The number of carbonyl (C=O) groups excluding carboxylic acids is 1. The Bertz CT molecular complexity index is 615. The fraction of sp³-hybridized carbons (Fsp3) is 0.529. The van der Waals surface area contributed by atoms with Crippen LogP contribution in [0.1, 0.15) is 30.0 Å². The smallest absolute Gasteiger partial charge is 0.308 e. The van der Waals surface area contributed by atoms with Crippen molar-refractivity contribution in [3.63, 3.8) is 0 Å². The first-order valence-corrected chi connectivity index (χ1v) is 7.88. The first-order valence-electron chi connectivity index (χ1n) is 7.88. The number of hydrogen-bond acceptors (Lipinski definition) is 4. The highest BCUT2D eigenvalue weighted by atomic mass is 16.5. The number of benzene rings is 1. The minimum absolute atomic E-state index is 0.0127. The molecule has 1 saturated heterocycles. The molecule has 6 nitrogen and oxygen atoms in total. The number of carboxylic acids is 1. The molecule has 3 rings (SSSR count). The van der Waals surface area contributed by atoms with Crippen LogP contribution in [0.25, 0.3) is 0 Å². The molecular weight excluding hydrogens is 298 g/mol. The third kappa shape index (κ3) is 3.03. The van der Waals surface area contributed by atoms with E-state index in [1.54, 1.807) is 12.0 Å². The third-order valence-corrected chi connectivity index (χ3v) is 4.62. The number of hydrogen-bond donors (Lipinski definition) is 1. The lowest BCUT2D eigenvalue weighted by atomic mass is 9.83. The van der Waals surface area contributed by atoms with Gasteiger partial charge < -0.3 is 19.5 Å². The Hall–Kier alpha value is -2.08. The van der Waals surface area contributed by atoms with Crippen molar-refractivity contribution in [2.24, 2.45) is 5.92 Å². The van der Waals surface area contributed by atoms with Gasteiger partial charge in [-0.3, -0.25) is 9.59 Å². The number of piperidine rings is 1. The molecule has 2 aliphatic heterocycles. The highest BCUT2D eigenvalue weighted by Crippen LogP contribution is 2.39. The monoisotopic (exact) mass is 319 g/mol. The van der Waals surface area contributed by atoms with Crippen LogP contribution in [-0.2, 0) is 20.7 Å². The Labute approximate surface area is 135 Å². The largest absolute Gasteiger partial charge is 0.493 e. The van der Waals surface area contributed by atoms with Crippen LogP contribution in [0.3, 0.4) is 0 Å².